The molecule has 1 unspecified atom stereocenters. The van der Waals surface area contributed by atoms with E-state index in [1.807, 2.05) is 0 Å². The van der Waals surface area contributed by atoms with Crippen molar-refractivity contribution in [3.05, 3.63) is 24.3 Å². The summed E-state index contributed by atoms with van der Waals surface area (Å²) in [5, 5.41) is 2.94. The molecule has 0 spiro atoms. The molecule has 0 bridgehead atoms. The third-order valence-corrected chi connectivity index (χ3v) is 3.06. The minimum absolute atomic E-state index is 0.239. The van der Waals surface area contributed by atoms with Gasteiger partial charge >= 0.3 is 0 Å². The molecule has 1 saturated carbocycles. The van der Waals surface area contributed by atoms with Gasteiger partial charge in [0, 0.05) is 12.5 Å². The molecule has 2 heteroatoms. The molecule has 2 nitrogen and oxygen atoms in total. The average molecular weight is 205 g/mol. The highest BCUT2D eigenvalue weighted by atomic mass is 16.2. The van der Waals surface area contributed by atoms with Gasteiger partial charge in [0.2, 0.25) is 5.91 Å². The fourth-order valence-electron chi connectivity index (χ4n) is 1.90. The number of rotatable bonds is 4. The van der Waals surface area contributed by atoms with E-state index in [9.17, 15) is 4.79 Å². The van der Waals surface area contributed by atoms with Crippen LogP contribution in [0.25, 0.3) is 0 Å². The lowest BCUT2D eigenvalue weighted by atomic mass is 9.94. The molecular weight excluding hydrogens is 186 g/mol. The number of nitrogens with one attached hydrogen (secondary N) is 1. The molecule has 0 radical (unpaired) electrons. The van der Waals surface area contributed by atoms with E-state index in [0.717, 1.165) is 19.3 Å². The normalized spacial score (nSPS) is 25.7. The van der Waals surface area contributed by atoms with Crippen LogP contribution < -0.4 is 5.32 Å². The van der Waals surface area contributed by atoms with E-state index in [0.29, 0.717) is 18.4 Å². The summed E-state index contributed by atoms with van der Waals surface area (Å²) in [5.41, 5.74) is 0. The van der Waals surface area contributed by atoms with Crippen LogP contribution in [0, 0.1) is 11.8 Å². The fraction of sp³-hybridized carbons (Fsp3) is 0.615. The highest BCUT2D eigenvalue weighted by Gasteiger charge is 2.28. The number of carbonyl (C=O) groups is 1. The molecule has 1 amide bonds. The summed E-state index contributed by atoms with van der Waals surface area (Å²) >= 11 is 0. The van der Waals surface area contributed by atoms with Gasteiger partial charge in [-0.05, 0) is 38.0 Å². The Balaban J connectivity index is 1.61. The molecule has 1 fully saturated rings. The number of amides is 1. The van der Waals surface area contributed by atoms with Crippen molar-refractivity contribution in [2.24, 2.45) is 11.8 Å². The van der Waals surface area contributed by atoms with Gasteiger partial charge in [-0.15, -0.1) is 0 Å². The van der Waals surface area contributed by atoms with Crippen LogP contribution in [0.5, 0.6) is 0 Å². The lowest BCUT2D eigenvalue weighted by Gasteiger charge is -2.12. The Morgan fingerprint density at radius 3 is 2.87 bits per heavy atom. The van der Waals surface area contributed by atoms with Crippen molar-refractivity contribution in [2.45, 2.75) is 32.1 Å². The van der Waals surface area contributed by atoms with E-state index in [1.165, 1.54) is 12.8 Å². The SMILES string of the molecule is O=C(NC/C=C\C1CC=CCC1)C1CC1. The Bertz CT molecular complexity index is 276. The first-order chi connectivity index (χ1) is 7.36. The Labute approximate surface area is 91.4 Å². The van der Waals surface area contributed by atoms with Crippen LogP contribution in [-0.2, 0) is 4.79 Å². The Hall–Kier alpha value is -1.05. The second-order valence-corrected chi connectivity index (χ2v) is 4.49. The topological polar surface area (TPSA) is 29.1 Å². The fourth-order valence-corrected chi connectivity index (χ4v) is 1.90. The maximum atomic E-state index is 11.3. The van der Waals surface area contributed by atoms with Gasteiger partial charge in [-0.3, -0.25) is 4.79 Å². The molecule has 15 heavy (non-hydrogen) atoms. The van der Waals surface area contributed by atoms with E-state index in [-0.39, 0.29) is 5.91 Å². The summed E-state index contributed by atoms with van der Waals surface area (Å²) in [6, 6.07) is 0. The lowest BCUT2D eigenvalue weighted by Crippen LogP contribution is -2.24. The maximum absolute atomic E-state index is 11.3. The molecule has 0 aromatic carbocycles. The monoisotopic (exact) mass is 205 g/mol. The summed E-state index contributed by atoms with van der Waals surface area (Å²) < 4.78 is 0. The van der Waals surface area contributed by atoms with E-state index in [4.69, 9.17) is 0 Å². The Morgan fingerprint density at radius 2 is 2.20 bits per heavy atom. The minimum Gasteiger partial charge on any atom is -0.352 e. The highest BCUT2D eigenvalue weighted by Crippen LogP contribution is 2.28. The van der Waals surface area contributed by atoms with Gasteiger partial charge in [0.15, 0.2) is 0 Å². The predicted octanol–water partition coefficient (Wildman–Crippen LogP) is 2.43. The molecule has 0 aliphatic heterocycles. The lowest BCUT2D eigenvalue weighted by molar-refractivity contribution is -0.122. The molecular formula is C13H19NO. The third-order valence-electron chi connectivity index (χ3n) is 3.06. The Morgan fingerprint density at radius 1 is 1.33 bits per heavy atom. The first-order valence-corrected chi connectivity index (χ1v) is 5.95. The van der Waals surface area contributed by atoms with Crippen molar-refractivity contribution in [1.29, 1.82) is 0 Å². The number of allylic oxidation sites excluding steroid dienone is 3. The van der Waals surface area contributed by atoms with Crippen molar-refractivity contribution in [3.63, 3.8) is 0 Å². The number of hydrogen-bond acceptors (Lipinski definition) is 1. The molecule has 0 saturated heterocycles. The molecule has 0 aromatic rings. The van der Waals surface area contributed by atoms with Gasteiger partial charge < -0.3 is 5.32 Å². The minimum atomic E-state index is 0.239. The predicted molar refractivity (Wildman–Crippen MR) is 61.4 cm³/mol. The Kier molecular flexibility index (Phi) is 3.59. The standard InChI is InChI=1S/C13H19NO/c15-13(12-8-9-12)14-10-4-7-11-5-2-1-3-6-11/h1-2,4,7,11-12H,3,5-6,8-10H2,(H,14,15)/b7-4-. The zero-order valence-electron chi connectivity index (χ0n) is 9.11. The van der Waals surface area contributed by atoms with Crippen molar-refractivity contribution in [3.8, 4) is 0 Å². The molecule has 82 valence electrons. The van der Waals surface area contributed by atoms with Crippen molar-refractivity contribution in [2.75, 3.05) is 6.54 Å². The van der Waals surface area contributed by atoms with Crippen LogP contribution in [0.15, 0.2) is 24.3 Å². The van der Waals surface area contributed by atoms with E-state index >= 15 is 0 Å². The van der Waals surface area contributed by atoms with E-state index in [2.05, 4.69) is 29.6 Å². The van der Waals surface area contributed by atoms with Crippen molar-refractivity contribution < 1.29 is 4.79 Å². The molecule has 2 aliphatic carbocycles. The molecule has 0 heterocycles. The summed E-state index contributed by atoms with van der Waals surface area (Å²) in [5.74, 6) is 1.26. The largest absolute Gasteiger partial charge is 0.352 e. The second-order valence-electron chi connectivity index (χ2n) is 4.49. The summed E-state index contributed by atoms with van der Waals surface area (Å²) in [6.07, 6.45) is 14.6. The molecule has 1 atom stereocenters. The molecule has 2 aliphatic rings. The molecule has 1 N–H and O–H groups in total. The second kappa shape index (κ2) is 5.15. The van der Waals surface area contributed by atoms with Crippen LogP contribution in [-0.4, -0.2) is 12.5 Å². The zero-order chi connectivity index (χ0) is 10.5. The average Bonchev–Trinajstić information content (AvgIpc) is 3.09. The van der Waals surface area contributed by atoms with Crippen LogP contribution >= 0.6 is 0 Å². The van der Waals surface area contributed by atoms with Crippen LogP contribution in [0.4, 0.5) is 0 Å². The highest BCUT2D eigenvalue weighted by molar-refractivity contribution is 5.80. The number of hydrogen-bond donors (Lipinski definition) is 1. The van der Waals surface area contributed by atoms with Gasteiger partial charge in [-0.1, -0.05) is 24.3 Å². The van der Waals surface area contributed by atoms with Gasteiger partial charge in [0.05, 0.1) is 0 Å². The van der Waals surface area contributed by atoms with Crippen molar-refractivity contribution >= 4 is 5.91 Å². The van der Waals surface area contributed by atoms with Crippen LogP contribution in [0.3, 0.4) is 0 Å². The zero-order valence-corrected chi connectivity index (χ0v) is 9.11. The summed E-state index contributed by atoms with van der Waals surface area (Å²) in [6.45, 7) is 0.704. The first kappa shape index (κ1) is 10.5. The van der Waals surface area contributed by atoms with Gasteiger partial charge in [0.1, 0.15) is 0 Å². The van der Waals surface area contributed by atoms with E-state index in [1.54, 1.807) is 0 Å². The first-order valence-electron chi connectivity index (χ1n) is 5.95. The molecule has 0 aromatic heterocycles. The van der Waals surface area contributed by atoms with Gasteiger partial charge in [0.25, 0.3) is 0 Å². The van der Waals surface area contributed by atoms with Crippen molar-refractivity contribution in [1.82, 2.24) is 5.32 Å². The quantitative estimate of drug-likeness (QED) is 0.702. The maximum Gasteiger partial charge on any atom is 0.223 e. The van der Waals surface area contributed by atoms with Gasteiger partial charge in [-0.2, -0.15) is 0 Å². The van der Waals surface area contributed by atoms with E-state index < -0.39 is 0 Å². The summed E-state index contributed by atoms with van der Waals surface area (Å²) in [7, 11) is 0. The number of carbonyl (C=O) groups excluding carboxylic acids is 1. The third kappa shape index (κ3) is 3.54. The van der Waals surface area contributed by atoms with Gasteiger partial charge in [-0.25, -0.2) is 0 Å². The summed E-state index contributed by atoms with van der Waals surface area (Å²) in [4.78, 5) is 11.3. The smallest absolute Gasteiger partial charge is 0.223 e. The van der Waals surface area contributed by atoms with Crippen LogP contribution in [0.1, 0.15) is 32.1 Å². The molecule has 2 rings (SSSR count). The van der Waals surface area contributed by atoms with Crippen LogP contribution in [0.2, 0.25) is 0 Å².